The first kappa shape index (κ1) is 21.9. The average Bonchev–Trinajstić information content (AvgIpc) is 2.79. The number of benzene rings is 2. The van der Waals surface area contributed by atoms with Crippen molar-refractivity contribution in [1.82, 2.24) is 10.3 Å². The van der Waals surface area contributed by atoms with Gasteiger partial charge < -0.3 is 15.4 Å². The number of anilines is 1. The molecule has 2 aromatic carbocycles. The molecule has 1 fully saturated rings. The van der Waals surface area contributed by atoms with E-state index < -0.39 is 11.7 Å². The van der Waals surface area contributed by atoms with Crippen LogP contribution in [0.15, 0.2) is 54.7 Å². The number of hydrogen-bond acceptors (Lipinski definition) is 4. The fourth-order valence-electron chi connectivity index (χ4n) is 4.18. The van der Waals surface area contributed by atoms with Gasteiger partial charge in [0.05, 0.1) is 23.9 Å². The van der Waals surface area contributed by atoms with Crippen molar-refractivity contribution in [2.45, 2.75) is 43.9 Å². The Morgan fingerprint density at radius 1 is 1.06 bits per heavy atom. The number of nitrogens with zero attached hydrogens (tertiary/aromatic N) is 1. The summed E-state index contributed by atoms with van der Waals surface area (Å²) >= 11 is 0. The first-order chi connectivity index (χ1) is 15.3. The molecule has 5 nitrogen and oxygen atoms in total. The van der Waals surface area contributed by atoms with E-state index in [1.54, 1.807) is 55.6 Å². The maximum absolute atomic E-state index is 13.7. The van der Waals surface area contributed by atoms with E-state index >= 15 is 0 Å². The Balaban J connectivity index is 1.51. The Kier molecular flexibility index (Phi) is 6.21. The van der Waals surface area contributed by atoms with Gasteiger partial charge in [-0.25, -0.2) is 0 Å². The van der Waals surface area contributed by atoms with Crippen LogP contribution in [0, 0.1) is 0 Å². The number of carbonyl (C=O) groups is 1. The number of alkyl halides is 3. The highest BCUT2D eigenvalue weighted by Gasteiger charge is 2.36. The minimum absolute atomic E-state index is 0.0511. The molecule has 4 rings (SSSR count). The number of halogens is 3. The number of amides is 1. The number of fused-ring (bicyclic) bond motifs is 1. The topological polar surface area (TPSA) is 63.2 Å². The van der Waals surface area contributed by atoms with Crippen LogP contribution >= 0.6 is 0 Å². The third-order valence-electron chi connectivity index (χ3n) is 5.79. The van der Waals surface area contributed by atoms with Crippen molar-refractivity contribution >= 4 is 22.5 Å². The summed E-state index contributed by atoms with van der Waals surface area (Å²) in [4.78, 5) is 16.6. The molecule has 8 heteroatoms. The van der Waals surface area contributed by atoms with Crippen molar-refractivity contribution < 1.29 is 22.7 Å². The van der Waals surface area contributed by atoms with Crippen LogP contribution in [0.25, 0.3) is 10.9 Å². The van der Waals surface area contributed by atoms with Gasteiger partial charge in [0.1, 0.15) is 5.75 Å². The van der Waals surface area contributed by atoms with Crippen LogP contribution in [0.5, 0.6) is 5.75 Å². The van der Waals surface area contributed by atoms with E-state index in [1.807, 2.05) is 0 Å². The molecule has 0 spiro atoms. The van der Waals surface area contributed by atoms with E-state index in [4.69, 9.17) is 4.74 Å². The summed E-state index contributed by atoms with van der Waals surface area (Å²) in [5, 5.41) is 6.58. The SMILES string of the molecule is COc1ccc(C(=O)N[C@@H]2CCC[C@H](Nc3c(C(F)(F)F)cnc4ccccc34)C2)cc1. The van der Waals surface area contributed by atoms with Crippen LogP contribution in [0.1, 0.15) is 41.6 Å². The van der Waals surface area contributed by atoms with E-state index in [9.17, 15) is 18.0 Å². The Labute approximate surface area is 184 Å². The summed E-state index contributed by atoms with van der Waals surface area (Å²) in [6, 6.07) is 13.3. The van der Waals surface area contributed by atoms with E-state index in [2.05, 4.69) is 15.6 Å². The van der Waals surface area contributed by atoms with Gasteiger partial charge in [0, 0.05) is 29.2 Å². The fraction of sp³-hybridized carbons (Fsp3) is 0.333. The van der Waals surface area contributed by atoms with Crippen LogP contribution in [0.2, 0.25) is 0 Å². The third kappa shape index (κ3) is 4.79. The van der Waals surface area contributed by atoms with Gasteiger partial charge in [0.2, 0.25) is 0 Å². The fourth-order valence-corrected chi connectivity index (χ4v) is 4.18. The van der Waals surface area contributed by atoms with Crippen LogP contribution in [0.3, 0.4) is 0 Å². The predicted molar refractivity (Wildman–Crippen MR) is 117 cm³/mol. The molecular formula is C24H24F3N3O2. The summed E-state index contributed by atoms with van der Waals surface area (Å²) in [6.45, 7) is 0. The number of nitrogens with one attached hydrogen (secondary N) is 2. The van der Waals surface area contributed by atoms with Crippen LogP contribution in [-0.2, 0) is 6.18 Å². The van der Waals surface area contributed by atoms with E-state index in [1.165, 1.54) is 0 Å². The average molecular weight is 443 g/mol. The normalized spacial score (nSPS) is 18.9. The summed E-state index contributed by atoms with van der Waals surface area (Å²) in [6.07, 6.45) is -0.788. The number of pyridine rings is 1. The van der Waals surface area contributed by atoms with Crippen molar-refractivity contribution in [1.29, 1.82) is 0 Å². The van der Waals surface area contributed by atoms with Gasteiger partial charge in [-0.3, -0.25) is 9.78 Å². The van der Waals surface area contributed by atoms with Gasteiger partial charge in [-0.2, -0.15) is 13.2 Å². The number of ether oxygens (including phenoxy) is 1. The van der Waals surface area contributed by atoms with E-state index in [0.717, 1.165) is 25.5 Å². The first-order valence-corrected chi connectivity index (χ1v) is 10.5. The van der Waals surface area contributed by atoms with E-state index in [0.29, 0.717) is 28.6 Å². The lowest BCUT2D eigenvalue weighted by atomic mass is 9.90. The van der Waals surface area contributed by atoms with Crippen molar-refractivity contribution in [3.63, 3.8) is 0 Å². The lowest BCUT2D eigenvalue weighted by Crippen LogP contribution is -2.42. The molecule has 0 radical (unpaired) electrons. The summed E-state index contributed by atoms with van der Waals surface area (Å²) < 4.78 is 46.1. The molecule has 0 unspecified atom stereocenters. The van der Waals surface area contributed by atoms with Crippen molar-refractivity contribution in [2.24, 2.45) is 0 Å². The quantitative estimate of drug-likeness (QED) is 0.553. The minimum Gasteiger partial charge on any atom is -0.497 e. The molecular weight excluding hydrogens is 419 g/mol. The lowest BCUT2D eigenvalue weighted by Gasteiger charge is -2.32. The minimum atomic E-state index is -4.52. The van der Waals surface area contributed by atoms with Crippen molar-refractivity contribution in [3.05, 3.63) is 65.9 Å². The molecule has 0 saturated heterocycles. The Hall–Kier alpha value is -3.29. The number of hydrogen-bond donors (Lipinski definition) is 2. The highest BCUT2D eigenvalue weighted by Crippen LogP contribution is 2.39. The molecule has 1 amide bonds. The molecule has 3 aromatic rings. The largest absolute Gasteiger partial charge is 0.497 e. The first-order valence-electron chi connectivity index (χ1n) is 10.5. The standard InChI is InChI=1S/C24H24F3N3O2/c1-32-18-11-9-15(10-12-18)23(31)30-17-6-4-5-16(13-17)29-22-19-7-2-3-8-21(19)28-14-20(22)24(25,26)27/h2-3,7-12,14,16-17H,4-6,13H2,1H3,(H,28,29)(H,30,31)/t16-,17+/m0/s1. The smallest absolute Gasteiger partial charge is 0.419 e. The van der Waals surface area contributed by atoms with Gasteiger partial charge in [0.15, 0.2) is 0 Å². The van der Waals surface area contributed by atoms with Gasteiger partial charge in [-0.1, -0.05) is 18.2 Å². The maximum Gasteiger partial charge on any atom is 0.419 e. The number of methoxy groups -OCH3 is 1. The zero-order valence-corrected chi connectivity index (χ0v) is 17.6. The predicted octanol–water partition coefficient (Wildman–Crippen LogP) is 5.42. The second kappa shape index (κ2) is 9.06. The maximum atomic E-state index is 13.7. The molecule has 2 atom stereocenters. The highest BCUT2D eigenvalue weighted by molar-refractivity contribution is 5.94. The molecule has 168 valence electrons. The van der Waals surface area contributed by atoms with E-state index in [-0.39, 0.29) is 23.7 Å². The molecule has 1 aliphatic carbocycles. The van der Waals surface area contributed by atoms with Crippen LogP contribution in [0.4, 0.5) is 18.9 Å². The zero-order valence-electron chi connectivity index (χ0n) is 17.6. The van der Waals surface area contributed by atoms with Gasteiger partial charge in [-0.15, -0.1) is 0 Å². The number of para-hydroxylation sites is 1. The van der Waals surface area contributed by atoms with Crippen LogP contribution in [-0.4, -0.2) is 30.1 Å². The summed E-state index contributed by atoms with van der Waals surface area (Å²) in [7, 11) is 1.56. The Bertz CT molecular complexity index is 1100. The monoisotopic (exact) mass is 443 g/mol. The molecule has 1 heterocycles. The Morgan fingerprint density at radius 3 is 2.50 bits per heavy atom. The molecule has 32 heavy (non-hydrogen) atoms. The molecule has 1 aliphatic rings. The molecule has 1 aromatic heterocycles. The van der Waals surface area contributed by atoms with Gasteiger partial charge in [-0.05, 0) is 56.0 Å². The second-order valence-electron chi connectivity index (χ2n) is 7.97. The highest BCUT2D eigenvalue weighted by atomic mass is 19.4. The molecule has 1 saturated carbocycles. The number of carbonyl (C=O) groups excluding carboxylic acids is 1. The number of rotatable bonds is 5. The molecule has 0 aliphatic heterocycles. The molecule has 0 bridgehead atoms. The number of aromatic nitrogens is 1. The van der Waals surface area contributed by atoms with Crippen LogP contribution < -0.4 is 15.4 Å². The summed E-state index contributed by atoms with van der Waals surface area (Å²) in [5.74, 6) is 0.456. The van der Waals surface area contributed by atoms with Crippen molar-refractivity contribution in [2.75, 3.05) is 12.4 Å². The van der Waals surface area contributed by atoms with Gasteiger partial charge >= 0.3 is 6.18 Å². The second-order valence-corrected chi connectivity index (χ2v) is 7.97. The third-order valence-corrected chi connectivity index (χ3v) is 5.79. The van der Waals surface area contributed by atoms with Gasteiger partial charge in [0.25, 0.3) is 5.91 Å². The zero-order chi connectivity index (χ0) is 22.7. The lowest BCUT2D eigenvalue weighted by molar-refractivity contribution is -0.137. The summed E-state index contributed by atoms with van der Waals surface area (Å²) in [5.41, 5.74) is 0.291. The Morgan fingerprint density at radius 2 is 1.78 bits per heavy atom. The molecule has 2 N–H and O–H groups in total. The van der Waals surface area contributed by atoms with Crippen molar-refractivity contribution in [3.8, 4) is 5.75 Å².